The van der Waals surface area contributed by atoms with Gasteiger partial charge in [-0.1, -0.05) is 17.7 Å². The summed E-state index contributed by atoms with van der Waals surface area (Å²) in [5, 5.41) is 16.0. The van der Waals surface area contributed by atoms with Crippen molar-refractivity contribution < 1.29 is 19.1 Å². The average Bonchev–Trinajstić information content (AvgIpc) is 2.86. The SMILES string of the molecule is Cc1cc(C)n(C(C)CC(=O)NC(C(=O)O)c2ccc(Cl)c(F)c2)n1. The Labute approximate surface area is 149 Å². The summed E-state index contributed by atoms with van der Waals surface area (Å²) in [7, 11) is 0. The first-order chi connectivity index (χ1) is 11.7. The van der Waals surface area contributed by atoms with E-state index in [-0.39, 0.29) is 23.0 Å². The first-order valence-electron chi connectivity index (χ1n) is 7.69. The molecule has 6 nitrogen and oxygen atoms in total. The van der Waals surface area contributed by atoms with E-state index >= 15 is 0 Å². The molecule has 1 heterocycles. The zero-order chi connectivity index (χ0) is 18.7. The van der Waals surface area contributed by atoms with E-state index in [2.05, 4.69) is 10.4 Å². The Hall–Kier alpha value is -2.41. The van der Waals surface area contributed by atoms with Crippen LogP contribution in [0.1, 0.15) is 42.4 Å². The molecule has 0 fully saturated rings. The minimum atomic E-state index is -1.35. The van der Waals surface area contributed by atoms with Crippen molar-refractivity contribution in [3.63, 3.8) is 0 Å². The van der Waals surface area contributed by atoms with Crippen LogP contribution in [0.25, 0.3) is 0 Å². The second kappa shape index (κ2) is 7.65. The van der Waals surface area contributed by atoms with E-state index in [1.54, 1.807) is 4.68 Å². The van der Waals surface area contributed by atoms with Gasteiger partial charge < -0.3 is 10.4 Å². The van der Waals surface area contributed by atoms with Gasteiger partial charge in [-0.05, 0) is 44.5 Å². The smallest absolute Gasteiger partial charge is 0.330 e. The summed E-state index contributed by atoms with van der Waals surface area (Å²) in [6, 6.07) is 3.93. The number of nitrogens with one attached hydrogen (secondary N) is 1. The molecule has 0 aliphatic heterocycles. The van der Waals surface area contributed by atoms with Gasteiger partial charge in [0.05, 0.1) is 16.8 Å². The quantitative estimate of drug-likeness (QED) is 0.821. The molecule has 1 aromatic heterocycles. The molecule has 134 valence electrons. The summed E-state index contributed by atoms with van der Waals surface area (Å²) in [6.07, 6.45) is 0.0435. The van der Waals surface area contributed by atoms with E-state index in [0.717, 1.165) is 17.5 Å². The monoisotopic (exact) mass is 367 g/mol. The Morgan fingerprint density at radius 3 is 2.56 bits per heavy atom. The van der Waals surface area contributed by atoms with E-state index < -0.39 is 23.7 Å². The highest BCUT2D eigenvalue weighted by Gasteiger charge is 2.24. The highest BCUT2D eigenvalue weighted by Crippen LogP contribution is 2.21. The number of carbonyl (C=O) groups excluding carboxylic acids is 1. The molecule has 2 N–H and O–H groups in total. The summed E-state index contributed by atoms with van der Waals surface area (Å²) >= 11 is 5.60. The van der Waals surface area contributed by atoms with Crippen molar-refractivity contribution >= 4 is 23.5 Å². The summed E-state index contributed by atoms with van der Waals surface area (Å²) < 4.78 is 15.3. The van der Waals surface area contributed by atoms with Gasteiger partial charge in [-0.25, -0.2) is 9.18 Å². The number of aromatic nitrogens is 2. The van der Waals surface area contributed by atoms with Gasteiger partial charge in [-0.15, -0.1) is 0 Å². The first-order valence-corrected chi connectivity index (χ1v) is 8.06. The molecule has 1 aromatic carbocycles. The number of amides is 1. The molecular weight excluding hydrogens is 349 g/mol. The molecule has 0 saturated heterocycles. The first kappa shape index (κ1) is 18.9. The third kappa shape index (κ3) is 4.57. The second-order valence-corrected chi connectivity index (χ2v) is 6.34. The van der Waals surface area contributed by atoms with E-state index in [9.17, 15) is 19.1 Å². The summed E-state index contributed by atoms with van der Waals surface area (Å²) in [6.45, 7) is 5.55. The number of carboxylic acids is 1. The van der Waals surface area contributed by atoms with Crippen LogP contribution >= 0.6 is 11.6 Å². The number of carbonyl (C=O) groups is 2. The van der Waals surface area contributed by atoms with Crippen LogP contribution < -0.4 is 5.32 Å². The van der Waals surface area contributed by atoms with Crippen LogP contribution in [0.5, 0.6) is 0 Å². The van der Waals surface area contributed by atoms with Crippen LogP contribution in [0.2, 0.25) is 5.02 Å². The topological polar surface area (TPSA) is 84.2 Å². The van der Waals surface area contributed by atoms with Crippen molar-refractivity contribution in [1.29, 1.82) is 0 Å². The molecule has 0 aliphatic rings. The Morgan fingerprint density at radius 1 is 1.36 bits per heavy atom. The lowest BCUT2D eigenvalue weighted by atomic mass is 10.1. The van der Waals surface area contributed by atoms with E-state index in [1.807, 2.05) is 26.8 Å². The lowest BCUT2D eigenvalue weighted by Crippen LogP contribution is -2.35. The highest BCUT2D eigenvalue weighted by atomic mass is 35.5. The Bertz CT molecular complexity index is 806. The summed E-state index contributed by atoms with van der Waals surface area (Å²) in [4.78, 5) is 23.7. The third-order valence-electron chi connectivity index (χ3n) is 3.77. The fraction of sp³-hybridized carbons (Fsp3) is 0.353. The predicted octanol–water partition coefficient (Wildman–Crippen LogP) is 3.19. The standard InChI is InChI=1S/C17H19ClFN3O3/c1-9-6-10(2)22(21-9)11(3)7-15(23)20-16(17(24)25)12-4-5-13(18)14(19)8-12/h4-6,8,11,16H,7H2,1-3H3,(H,20,23)(H,24,25). The Balaban J connectivity index is 2.11. The van der Waals surface area contributed by atoms with Crippen LogP contribution in [-0.2, 0) is 9.59 Å². The molecule has 8 heteroatoms. The third-order valence-corrected chi connectivity index (χ3v) is 4.08. The maximum Gasteiger partial charge on any atom is 0.330 e. The van der Waals surface area contributed by atoms with Gasteiger partial charge >= 0.3 is 5.97 Å². The van der Waals surface area contributed by atoms with Crippen molar-refractivity contribution in [3.8, 4) is 0 Å². The minimum absolute atomic E-state index is 0.0435. The molecule has 0 bridgehead atoms. The highest BCUT2D eigenvalue weighted by molar-refractivity contribution is 6.30. The second-order valence-electron chi connectivity index (χ2n) is 5.94. The molecule has 2 atom stereocenters. The predicted molar refractivity (Wildman–Crippen MR) is 91.0 cm³/mol. The lowest BCUT2D eigenvalue weighted by Gasteiger charge is -2.18. The normalized spacial score (nSPS) is 13.3. The molecule has 0 radical (unpaired) electrons. The average molecular weight is 368 g/mol. The number of rotatable bonds is 6. The number of halogens is 2. The summed E-state index contributed by atoms with van der Waals surface area (Å²) in [5.41, 5.74) is 1.86. The van der Waals surface area contributed by atoms with Crippen molar-refractivity contribution in [3.05, 3.63) is 52.1 Å². The van der Waals surface area contributed by atoms with E-state index in [4.69, 9.17) is 11.6 Å². The lowest BCUT2D eigenvalue weighted by molar-refractivity contribution is -0.142. The zero-order valence-corrected chi connectivity index (χ0v) is 14.8. The Morgan fingerprint density at radius 2 is 2.04 bits per heavy atom. The number of aryl methyl sites for hydroxylation is 2. The maximum atomic E-state index is 13.6. The summed E-state index contributed by atoms with van der Waals surface area (Å²) in [5.74, 6) is -2.49. The number of benzene rings is 1. The van der Waals surface area contributed by atoms with Crippen LogP contribution in [-0.4, -0.2) is 26.8 Å². The number of nitrogens with zero attached hydrogens (tertiary/aromatic N) is 2. The zero-order valence-electron chi connectivity index (χ0n) is 14.1. The van der Waals surface area contributed by atoms with Gasteiger partial charge in [-0.3, -0.25) is 9.48 Å². The molecule has 0 spiro atoms. The van der Waals surface area contributed by atoms with Crippen LogP contribution in [0.3, 0.4) is 0 Å². The molecule has 1 amide bonds. The van der Waals surface area contributed by atoms with Gasteiger partial charge in [-0.2, -0.15) is 5.10 Å². The number of carboxylic acid groups (broad SMARTS) is 1. The molecule has 25 heavy (non-hydrogen) atoms. The van der Waals surface area contributed by atoms with Crippen LogP contribution in [0.4, 0.5) is 4.39 Å². The Kier molecular flexibility index (Phi) is 5.79. The largest absolute Gasteiger partial charge is 0.479 e. The molecule has 2 aromatic rings. The maximum absolute atomic E-state index is 13.6. The van der Waals surface area contributed by atoms with Gasteiger partial charge in [0.15, 0.2) is 6.04 Å². The van der Waals surface area contributed by atoms with E-state index in [1.165, 1.54) is 12.1 Å². The van der Waals surface area contributed by atoms with Crippen LogP contribution in [0.15, 0.2) is 24.3 Å². The fourth-order valence-electron chi connectivity index (χ4n) is 2.65. The fourth-order valence-corrected chi connectivity index (χ4v) is 2.76. The van der Waals surface area contributed by atoms with Crippen LogP contribution in [0, 0.1) is 19.7 Å². The van der Waals surface area contributed by atoms with Gasteiger partial charge in [0.25, 0.3) is 0 Å². The van der Waals surface area contributed by atoms with Crippen molar-refractivity contribution in [2.45, 2.75) is 39.3 Å². The molecule has 2 unspecified atom stereocenters. The minimum Gasteiger partial charge on any atom is -0.479 e. The molecule has 0 aliphatic carbocycles. The van der Waals surface area contributed by atoms with Crippen molar-refractivity contribution in [2.75, 3.05) is 0 Å². The molecule has 2 rings (SSSR count). The number of hydrogen-bond acceptors (Lipinski definition) is 3. The molecule has 0 saturated carbocycles. The van der Waals surface area contributed by atoms with E-state index in [0.29, 0.717) is 0 Å². The molecular formula is C17H19ClFN3O3. The number of hydrogen-bond donors (Lipinski definition) is 2. The number of aliphatic carboxylic acids is 1. The van der Waals surface area contributed by atoms with Gasteiger partial charge in [0.1, 0.15) is 5.82 Å². The van der Waals surface area contributed by atoms with Crippen molar-refractivity contribution in [1.82, 2.24) is 15.1 Å². The van der Waals surface area contributed by atoms with Crippen molar-refractivity contribution in [2.24, 2.45) is 0 Å². The van der Waals surface area contributed by atoms with Gasteiger partial charge in [0.2, 0.25) is 5.91 Å². The van der Waals surface area contributed by atoms with Gasteiger partial charge in [0, 0.05) is 12.1 Å².